The topological polar surface area (TPSA) is 104 Å². The van der Waals surface area contributed by atoms with Crippen molar-refractivity contribution in [3.05, 3.63) is 129 Å². The molecular weight excluding hydrogens is 708 g/mol. The lowest BCUT2D eigenvalue weighted by atomic mass is 9.49. The Balaban J connectivity index is 1.36. The van der Waals surface area contributed by atoms with Gasteiger partial charge in [-0.25, -0.2) is 4.90 Å². The molecular formula is C39H30BrClN2O6. The fourth-order valence-corrected chi connectivity index (χ4v) is 9.29. The van der Waals surface area contributed by atoms with Crippen LogP contribution in [0.4, 0.5) is 11.4 Å². The number of aromatic hydroxyl groups is 1. The predicted molar refractivity (Wildman–Crippen MR) is 187 cm³/mol. The van der Waals surface area contributed by atoms with E-state index in [1.807, 2.05) is 36.4 Å². The fraction of sp³-hybridized carbons (Fsp3) is 0.231. The third-order valence-electron chi connectivity index (χ3n) is 10.8. The molecule has 2 heterocycles. The number of fused-ring (bicyclic) bond motifs is 4. The molecule has 0 spiro atoms. The average molecular weight is 738 g/mol. The summed E-state index contributed by atoms with van der Waals surface area (Å²) in [5.41, 5.74) is 1.55. The van der Waals surface area contributed by atoms with E-state index >= 15 is 4.79 Å². The van der Waals surface area contributed by atoms with Gasteiger partial charge in [-0.3, -0.25) is 24.1 Å². The quantitative estimate of drug-likeness (QED) is 0.172. The van der Waals surface area contributed by atoms with Gasteiger partial charge in [0.05, 0.1) is 41.7 Å². The van der Waals surface area contributed by atoms with Gasteiger partial charge in [0.25, 0.3) is 0 Å². The van der Waals surface area contributed by atoms with E-state index in [0.29, 0.717) is 33.9 Å². The Morgan fingerprint density at radius 2 is 1.57 bits per heavy atom. The molecule has 2 saturated heterocycles. The predicted octanol–water partition coefficient (Wildman–Crippen LogP) is 7.18. The zero-order valence-corrected chi connectivity index (χ0v) is 28.6. The van der Waals surface area contributed by atoms with Crippen LogP contribution in [0.3, 0.4) is 0 Å². The molecule has 4 aromatic carbocycles. The molecule has 2 aliphatic carbocycles. The highest BCUT2D eigenvalue weighted by Crippen LogP contribution is 2.64. The molecule has 3 fully saturated rings. The number of methoxy groups -OCH3 is 1. The number of carbonyl (C=O) groups is 4. The summed E-state index contributed by atoms with van der Waals surface area (Å²) in [6, 6.07) is 28.0. The molecule has 10 heteroatoms. The molecule has 1 N–H and O–H groups in total. The molecule has 49 heavy (non-hydrogen) atoms. The molecule has 0 radical (unpaired) electrons. The molecule has 4 amide bonds. The van der Waals surface area contributed by atoms with E-state index in [1.54, 1.807) is 60.7 Å². The van der Waals surface area contributed by atoms with Crippen molar-refractivity contribution in [2.45, 2.75) is 24.2 Å². The van der Waals surface area contributed by atoms with E-state index < -0.39 is 46.8 Å². The number of carbonyl (C=O) groups excluding carboxylic acids is 4. The Hall–Kier alpha value is -4.73. The lowest BCUT2D eigenvalue weighted by Crippen LogP contribution is -2.53. The number of phenols is 1. The molecule has 8 rings (SSSR count). The number of halogens is 2. The highest BCUT2D eigenvalue weighted by Gasteiger charge is 2.70. The number of imide groups is 2. The minimum atomic E-state index is -1.42. The summed E-state index contributed by atoms with van der Waals surface area (Å²) in [6.45, 7) is 0. The lowest BCUT2D eigenvalue weighted by molar-refractivity contribution is -0.127. The van der Waals surface area contributed by atoms with E-state index in [4.69, 9.17) is 16.3 Å². The van der Waals surface area contributed by atoms with Crippen molar-refractivity contribution in [3.8, 4) is 11.5 Å². The molecule has 2 aliphatic heterocycles. The van der Waals surface area contributed by atoms with E-state index in [-0.39, 0.29) is 29.7 Å². The minimum absolute atomic E-state index is 0.0716. The standard InChI is InChI=1S/C39H30BrClN2O6/c1-49-32-18-21(10-17-31(32)44)34-27-15-16-28-33(37(47)42(35(28)45)25-13-11-23(40)12-14-25)29(27)20-30-36(46)43(26-9-5-8-24(41)19-26)38(48)39(30,34)22-6-3-2-4-7-22/h2-15,17-19,28-30,33-34,44H,16,20H2,1H3/t28-,29+,30-,33-,34-,39+/m0/s1. The maximum absolute atomic E-state index is 15.3. The van der Waals surface area contributed by atoms with Crippen molar-refractivity contribution in [2.24, 2.45) is 23.7 Å². The largest absolute Gasteiger partial charge is 0.504 e. The number of amides is 4. The second kappa shape index (κ2) is 11.7. The highest BCUT2D eigenvalue weighted by atomic mass is 79.9. The van der Waals surface area contributed by atoms with E-state index in [9.17, 15) is 19.5 Å². The first-order chi connectivity index (χ1) is 23.7. The van der Waals surface area contributed by atoms with Crippen LogP contribution in [0.25, 0.3) is 0 Å². The van der Waals surface area contributed by atoms with Gasteiger partial charge in [-0.1, -0.05) is 81.6 Å². The highest BCUT2D eigenvalue weighted by molar-refractivity contribution is 9.10. The monoisotopic (exact) mass is 736 g/mol. The summed E-state index contributed by atoms with van der Waals surface area (Å²) >= 11 is 9.81. The smallest absolute Gasteiger partial charge is 0.246 e. The van der Waals surface area contributed by atoms with Gasteiger partial charge < -0.3 is 9.84 Å². The Morgan fingerprint density at radius 1 is 0.816 bits per heavy atom. The normalized spacial score (nSPS) is 27.5. The Morgan fingerprint density at radius 3 is 2.29 bits per heavy atom. The Bertz CT molecular complexity index is 2080. The van der Waals surface area contributed by atoms with Gasteiger partial charge in [-0.15, -0.1) is 0 Å². The first-order valence-corrected chi connectivity index (χ1v) is 17.2. The summed E-state index contributed by atoms with van der Waals surface area (Å²) < 4.78 is 6.35. The van der Waals surface area contributed by atoms with E-state index in [1.165, 1.54) is 23.0 Å². The zero-order valence-electron chi connectivity index (χ0n) is 26.3. The fourth-order valence-electron chi connectivity index (χ4n) is 8.84. The van der Waals surface area contributed by atoms with Crippen molar-refractivity contribution in [1.29, 1.82) is 0 Å². The van der Waals surface area contributed by atoms with Crippen LogP contribution in [0.5, 0.6) is 11.5 Å². The summed E-state index contributed by atoms with van der Waals surface area (Å²) in [7, 11) is 1.45. The van der Waals surface area contributed by atoms with E-state index in [0.717, 1.165) is 10.0 Å². The number of anilines is 2. The van der Waals surface area contributed by atoms with Crippen LogP contribution < -0.4 is 14.5 Å². The number of hydrogen-bond acceptors (Lipinski definition) is 6. The van der Waals surface area contributed by atoms with Crippen LogP contribution in [0, 0.1) is 23.7 Å². The molecule has 0 bridgehead atoms. The van der Waals surface area contributed by atoms with Gasteiger partial charge in [-0.2, -0.15) is 0 Å². The summed E-state index contributed by atoms with van der Waals surface area (Å²) in [4.78, 5) is 61.0. The van der Waals surface area contributed by atoms with Gasteiger partial charge in [0.2, 0.25) is 23.6 Å². The Kier molecular flexibility index (Phi) is 7.53. The third-order valence-corrected chi connectivity index (χ3v) is 11.6. The van der Waals surface area contributed by atoms with Crippen molar-refractivity contribution < 1.29 is 29.0 Å². The molecule has 0 unspecified atom stereocenters. The van der Waals surface area contributed by atoms with Gasteiger partial charge in [-0.05, 0) is 84.5 Å². The SMILES string of the molecule is COc1cc([C@H]2C3=CC[C@@H]4C(=O)N(c5ccc(Br)cc5)C(=O)[C@@H]4[C@@H]3C[C@H]3C(=O)N(c4cccc(Cl)c4)C(=O)[C@@]23c2ccccc2)ccc1O. The van der Waals surface area contributed by atoms with Gasteiger partial charge in [0, 0.05) is 15.4 Å². The van der Waals surface area contributed by atoms with Gasteiger partial charge >= 0.3 is 0 Å². The number of allylic oxidation sites excluding steroid dienone is 2. The van der Waals surface area contributed by atoms with Crippen molar-refractivity contribution in [2.75, 3.05) is 16.9 Å². The maximum Gasteiger partial charge on any atom is 0.246 e. The van der Waals surface area contributed by atoms with Crippen LogP contribution >= 0.6 is 27.5 Å². The van der Waals surface area contributed by atoms with Crippen LogP contribution in [0.15, 0.2) is 113 Å². The van der Waals surface area contributed by atoms with Crippen LogP contribution in [-0.4, -0.2) is 35.8 Å². The van der Waals surface area contributed by atoms with Gasteiger partial charge in [0.1, 0.15) is 0 Å². The minimum Gasteiger partial charge on any atom is -0.504 e. The van der Waals surface area contributed by atoms with Crippen molar-refractivity contribution in [3.63, 3.8) is 0 Å². The number of hydrogen-bond donors (Lipinski definition) is 1. The average Bonchev–Trinajstić information content (AvgIpc) is 3.50. The number of ether oxygens (including phenoxy) is 1. The lowest BCUT2D eigenvalue weighted by Gasteiger charge is -2.50. The van der Waals surface area contributed by atoms with Crippen LogP contribution in [-0.2, 0) is 24.6 Å². The first kappa shape index (κ1) is 31.5. The zero-order chi connectivity index (χ0) is 34.2. The molecule has 0 aromatic heterocycles. The Labute approximate surface area is 296 Å². The number of benzene rings is 4. The number of nitrogens with zero attached hydrogens (tertiary/aromatic N) is 2. The van der Waals surface area contributed by atoms with Crippen LogP contribution in [0.2, 0.25) is 5.02 Å². The summed E-state index contributed by atoms with van der Waals surface area (Å²) in [6.07, 6.45) is 2.49. The second-order valence-electron chi connectivity index (χ2n) is 13.0. The summed E-state index contributed by atoms with van der Waals surface area (Å²) in [5, 5.41) is 11.0. The molecule has 4 aromatic rings. The van der Waals surface area contributed by atoms with Crippen molar-refractivity contribution in [1.82, 2.24) is 0 Å². The number of phenolic OH excluding ortho intramolecular Hbond substituents is 1. The summed E-state index contributed by atoms with van der Waals surface area (Å²) in [5.74, 6) is -4.72. The molecule has 6 atom stereocenters. The van der Waals surface area contributed by atoms with Gasteiger partial charge in [0.15, 0.2) is 11.5 Å². The maximum atomic E-state index is 15.3. The second-order valence-corrected chi connectivity index (χ2v) is 14.4. The first-order valence-electron chi connectivity index (χ1n) is 16.1. The van der Waals surface area contributed by atoms with Crippen molar-refractivity contribution >= 4 is 62.5 Å². The molecule has 4 aliphatic rings. The third kappa shape index (κ3) is 4.55. The molecule has 8 nitrogen and oxygen atoms in total. The van der Waals surface area contributed by atoms with Crippen LogP contribution in [0.1, 0.15) is 29.9 Å². The molecule has 246 valence electrons. The number of rotatable bonds is 5. The molecule has 1 saturated carbocycles. The van der Waals surface area contributed by atoms with E-state index in [2.05, 4.69) is 15.9 Å².